The van der Waals surface area contributed by atoms with Crippen molar-refractivity contribution < 1.29 is 44.6 Å². The fourth-order valence-electron chi connectivity index (χ4n) is 4.88. The molecule has 14 heteroatoms. The van der Waals surface area contributed by atoms with Crippen LogP contribution in [0.25, 0.3) is 22.8 Å². The van der Waals surface area contributed by atoms with Crippen LogP contribution in [-0.2, 0) is 12.8 Å². The van der Waals surface area contributed by atoms with Crippen LogP contribution >= 0.6 is 0 Å². The molecular formula is C38H44F8N4O2. The van der Waals surface area contributed by atoms with Crippen molar-refractivity contribution in [2.75, 3.05) is 0 Å². The summed E-state index contributed by atoms with van der Waals surface area (Å²) in [5.74, 6) is 0.184. The summed E-state index contributed by atoms with van der Waals surface area (Å²) in [6, 6.07) is 10.6. The van der Waals surface area contributed by atoms with E-state index in [9.17, 15) is 35.1 Å². The molecule has 2 aromatic heterocycles. The Kier molecular flexibility index (Phi) is 17.2. The van der Waals surface area contributed by atoms with Gasteiger partial charge in [-0.25, -0.2) is 19.9 Å². The second-order valence-corrected chi connectivity index (χ2v) is 12.1. The van der Waals surface area contributed by atoms with Gasteiger partial charge in [-0.15, -0.1) is 0 Å². The molecule has 0 bridgehead atoms. The number of unbranched alkanes of at least 4 members (excludes halogenated alkanes) is 8. The van der Waals surface area contributed by atoms with Crippen LogP contribution in [0.5, 0.6) is 11.5 Å². The predicted octanol–water partition coefficient (Wildman–Crippen LogP) is 11.8. The highest BCUT2D eigenvalue weighted by Crippen LogP contribution is 2.30. The van der Waals surface area contributed by atoms with Crippen molar-refractivity contribution in [3.05, 3.63) is 84.4 Å². The van der Waals surface area contributed by atoms with Crippen molar-refractivity contribution in [3.8, 4) is 34.3 Å². The highest BCUT2D eigenvalue weighted by molar-refractivity contribution is 5.56. The maximum Gasteiger partial charge on any atom is 0.461 e. The van der Waals surface area contributed by atoms with Crippen molar-refractivity contribution in [2.45, 2.75) is 116 Å². The summed E-state index contributed by atoms with van der Waals surface area (Å²) in [7, 11) is 0. The second kappa shape index (κ2) is 21.2. The van der Waals surface area contributed by atoms with E-state index < -0.39 is 25.1 Å². The molecule has 0 saturated carbocycles. The summed E-state index contributed by atoms with van der Waals surface area (Å²) in [5, 5.41) is 0. The first-order valence-electron chi connectivity index (χ1n) is 17.4. The number of aryl methyl sites for hydroxylation is 2. The minimum Gasteiger partial charge on any atom is -0.428 e. The second-order valence-electron chi connectivity index (χ2n) is 12.1. The fourth-order valence-corrected chi connectivity index (χ4v) is 4.88. The number of nitrogens with zero attached hydrogens (tertiary/aromatic N) is 4. The van der Waals surface area contributed by atoms with E-state index in [1.54, 1.807) is 24.8 Å². The van der Waals surface area contributed by atoms with E-state index in [2.05, 4.69) is 43.3 Å². The van der Waals surface area contributed by atoms with Gasteiger partial charge in [0.1, 0.15) is 11.5 Å². The lowest BCUT2D eigenvalue weighted by atomic mass is 10.1. The summed E-state index contributed by atoms with van der Waals surface area (Å²) in [6.45, 7) is 4.35. The van der Waals surface area contributed by atoms with Gasteiger partial charge in [-0.05, 0) is 85.3 Å². The molecule has 0 saturated heterocycles. The van der Waals surface area contributed by atoms with E-state index in [1.165, 1.54) is 99.9 Å². The maximum absolute atomic E-state index is 12.9. The molecule has 0 atom stereocenters. The molecule has 0 spiro atoms. The maximum atomic E-state index is 12.9. The van der Waals surface area contributed by atoms with Crippen LogP contribution in [-0.4, -0.2) is 45.0 Å². The standard InChI is InChI=1S/C20H24F4N2O.C18H20F4N2O/c1-2-3-4-5-6-7-8-15-13-25-18(26-14-15)16-9-11-17(12-10-16)27-20(23,24)19(21)22;1-2-3-4-5-6-13-11-23-16(24-12-13)14-7-9-15(10-8-14)25-18(21,22)17(19)20/h9-14,19H,2-8H2,1H3;7-12,17H,2-6H2,1H3. The third kappa shape index (κ3) is 14.3. The lowest BCUT2D eigenvalue weighted by molar-refractivity contribution is -0.253. The molecule has 4 aromatic rings. The number of ether oxygens (including phenoxy) is 2. The van der Waals surface area contributed by atoms with Crippen LogP contribution < -0.4 is 9.47 Å². The van der Waals surface area contributed by atoms with Crippen molar-refractivity contribution in [2.24, 2.45) is 0 Å². The van der Waals surface area contributed by atoms with E-state index in [1.807, 2.05) is 0 Å². The summed E-state index contributed by atoms with van der Waals surface area (Å²) in [6.07, 6.45) is 3.95. The number of alkyl halides is 8. The lowest BCUT2D eigenvalue weighted by Gasteiger charge is -2.16. The monoisotopic (exact) mass is 740 g/mol. The van der Waals surface area contributed by atoms with Gasteiger partial charge in [-0.1, -0.05) is 65.2 Å². The van der Waals surface area contributed by atoms with Gasteiger partial charge >= 0.3 is 25.1 Å². The molecule has 0 aliphatic carbocycles. The normalized spacial score (nSPS) is 11.8. The molecule has 0 radical (unpaired) electrons. The van der Waals surface area contributed by atoms with Crippen molar-refractivity contribution in [1.82, 2.24) is 19.9 Å². The molecule has 0 unspecified atom stereocenters. The molecule has 0 fully saturated rings. The summed E-state index contributed by atoms with van der Waals surface area (Å²) >= 11 is 0. The first-order valence-corrected chi connectivity index (χ1v) is 17.4. The van der Waals surface area contributed by atoms with Gasteiger partial charge in [-0.2, -0.15) is 35.1 Å². The molecule has 2 heterocycles. The molecule has 0 aliphatic heterocycles. The molecule has 4 rings (SSSR count). The van der Waals surface area contributed by atoms with Crippen molar-refractivity contribution in [3.63, 3.8) is 0 Å². The zero-order valence-electron chi connectivity index (χ0n) is 29.2. The zero-order chi connectivity index (χ0) is 38.0. The molecule has 52 heavy (non-hydrogen) atoms. The summed E-state index contributed by atoms with van der Waals surface area (Å²) in [4.78, 5) is 17.1. The van der Waals surface area contributed by atoms with Crippen LogP contribution in [0.2, 0.25) is 0 Å². The average molecular weight is 741 g/mol. The molecular weight excluding hydrogens is 696 g/mol. The Hall–Kier alpha value is -4.36. The number of benzene rings is 2. The molecule has 2 aromatic carbocycles. The van der Waals surface area contributed by atoms with Gasteiger partial charge in [0.2, 0.25) is 0 Å². The van der Waals surface area contributed by atoms with Gasteiger partial charge in [0, 0.05) is 35.9 Å². The van der Waals surface area contributed by atoms with Crippen LogP contribution in [0.4, 0.5) is 35.1 Å². The number of halogens is 8. The van der Waals surface area contributed by atoms with Crippen LogP contribution in [0, 0.1) is 0 Å². The highest BCUT2D eigenvalue weighted by atomic mass is 19.3. The molecule has 6 nitrogen and oxygen atoms in total. The largest absolute Gasteiger partial charge is 0.461 e. The van der Waals surface area contributed by atoms with Gasteiger partial charge in [-0.3, -0.25) is 0 Å². The lowest BCUT2D eigenvalue weighted by Crippen LogP contribution is -2.33. The minimum atomic E-state index is -4.52. The number of hydrogen-bond acceptors (Lipinski definition) is 6. The van der Waals surface area contributed by atoms with Gasteiger partial charge in [0.25, 0.3) is 0 Å². The number of hydrogen-bond donors (Lipinski definition) is 0. The van der Waals surface area contributed by atoms with E-state index in [-0.39, 0.29) is 11.5 Å². The van der Waals surface area contributed by atoms with E-state index in [4.69, 9.17) is 0 Å². The fraction of sp³-hybridized carbons (Fsp3) is 0.474. The van der Waals surface area contributed by atoms with E-state index >= 15 is 0 Å². The van der Waals surface area contributed by atoms with E-state index in [0.29, 0.717) is 22.8 Å². The van der Waals surface area contributed by atoms with Crippen LogP contribution in [0.1, 0.15) is 89.2 Å². The van der Waals surface area contributed by atoms with Gasteiger partial charge < -0.3 is 9.47 Å². The third-order valence-electron chi connectivity index (χ3n) is 7.79. The first kappa shape index (κ1) is 42.1. The topological polar surface area (TPSA) is 70.0 Å². The van der Waals surface area contributed by atoms with Crippen molar-refractivity contribution in [1.29, 1.82) is 0 Å². The minimum absolute atomic E-state index is 0.344. The number of aromatic nitrogens is 4. The molecule has 0 N–H and O–H groups in total. The Labute approximate surface area is 299 Å². The smallest absolute Gasteiger partial charge is 0.428 e. The van der Waals surface area contributed by atoms with E-state index in [0.717, 1.165) is 36.8 Å². The Morgan fingerprint density at radius 1 is 0.481 bits per heavy atom. The summed E-state index contributed by atoms with van der Waals surface area (Å²) < 4.78 is 108. The highest BCUT2D eigenvalue weighted by Gasteiger charge is 2.44. The van der Waals surface area contributed by atoms with Gasteiger partial charge in [0.05, 0.1) is 0 Å². The quantitative estimate of drug-likeness (QED) is 0.0664. The number of rotatable bonds is 20. The third-order valence-corrected chi connectivity index (χ3v) is 7.79. The Bertz CT molecular complexity index is 1560. The molecule has 0 aliphatic rings. The predicted molar refractivity (Wildman–Crippen MR) is 183 cm³/mol. The molecule has 284 valence electrons. The van der Waals surface area contributed by atoms with Crippen LogP contribution in [0.15, 0.2) is 73.3 Å². The van der Waals surface area contributed by atoms with Crippen molar-refractivity contribution >= 4 is 0 Å². The SMILES string of the molecule is CCCCCCCCc1cnc(-c2ccc(OC(F)(F)C(F)F)cc2)nc1.CCCCCCc1cnc(-c2ccc(OC(F)(F)C(F)F)cc2)nc1. The van der Waals surface area contributed by atoms with Crippen LogP contribution in [0.3, 0.4) is 0 Å². The molecule has 0 amide bonds. The zero-order valence-corrected chi connectivity index (χ0v) is 29.2. The Morgan fingerprint density at radius 2 is 0.788 bits per heavy atom. The first-order chi connectivity index (χ1) is 24.8. The summed E-state index contributed by atoms with van der Waals surface area (Å²) in [5.41, 5.74) is 3.27. The van der Waals surface area contributed by atoms with Gasteiger partial charge in [0.15, 0.2) is 11.6 Å². The Balaban J connectivity index is 0.000000281. The Morgan fingerprint density at radius 3 is 1.12 bits per heavy atom. The average Bonchev–Trinajstić information content (AvgIpc) is 3.13.